The zero-order chi connectivity index (χ0) is 8.22. The fourth-order valence-corrected chi connectivity index (χ4v) is 2.14. The molecule has 0 unspecified atom stereocenters. The zero-order valence-electron chi connectivity index (χ0n) is 5.76. The van der Waals surface area contributed by atoms with Gasteiger partial charge in [-0.2, -0.15) is 0 Å². The van der Waals surface area contributed by atoms with E-state index in [0.717, 1.165) is 0 Å². The number of hydrogen-bond acceptors (Lipinski definition) is 1. The Morgan fingerprint density at radius 3 is 2.18 bits per heavy atom. The van der Waals surface area contributed by atoms with Gasteiger partial charge in [-0.05, 0) is 11.8 Å². The SMILES string of the molecule is O=C(O)C1[C@H]2CC(F)(F)C[C@H]12. The molecular weight excluding hydrogens is 154 g/mol. The minimum absolute atomic E-state index is 0.214. The quantitative estimate of drug-likeness (QED) is 0.632. The van der Waals surface area contributed by atoms with Crippen LogP contribution in [0.1, 0.15) is 12.8 Å². The van der Waals surface area contributed by atoms with Gasteiger partial charge in [0.1, 0.15) is 0 Å². The van der Waals surface area contributed by atoms with Gasteiger partial charge in [-0.3, -0.25) is 4.79 Å². The summed E-state index contributed by atoms with van der Waals surface area (Å²) in [5, 5.41) is 8.48. The molecule has 0 aliphatic heterocycles. The van der Waals surface area contributed by atoms with E-state index in [0.29, 0.717) is 0 Å². The van der Waals surface area contributed by atoms with Crippen molar-refractivity contribution in [3.8, 4) is 0 Å². The van der Waals surface area contributed by atoms with Crippen LogP contribution in [0.15, 0.2) is 0 Å². The molecule has 0 heterocycles. The fraction of sp³-hybridized carbons (Fsp3) is 0.857. The smallest absolute Gasteiger partial charge is 0.307 e. The number of carboxylic acids is 1. The molecule has 2 atom stereocenters. The predicted octanol–water partition coefficient (Wildman–Crippen LogP) is 1.36. The van der Waals surface area contributed by atoms with Crippen LogP contribution in [0.4, 0.5) is 8.78 Å². The van der Waals surface area contributed by atoms with Gasteiger partial charge in [0, 0.05) is 12.8 Å². The molecule has 2 rings (SSSR count). The summed E-state index contributed by atoms with van der Waals surface area (Å²) in [4.78, 5) is 10.3. The third kappa shape index (κ3) is 0.921. The van der Waals surface area contributed by atoms with Crippen LogP contribution >= 0.6 is 0 Å². The third-order valence-electron chi connectivity index (χ3n) is 2.69. The Kier molecular flexibility index (Phi) is 1.10. The Morgan fingerprint density at radius 2 is 1.82 bits per heavy atom. The van der Waals surface area contributed by atoms with Crippen molar-refractivity contribution in [2.24, 2.45) is 17.8 Å². The maximum absolute atomic E-state index is 12.5. The molecule has 2 aliphatic rings. The number of rotatable bonds is 1. The first-order valence-electron chi connectivity index (χ1n) is 3.62. The molecule has 0 aromatic heterocycles. The lowest BCUT2D eigenvalue weighted by atomic mass is 10.1. The highest BCUT2D eigenvalue weighted by molar-refractivity contribution is 5.74. The van der Waals surface area contributed by atoms with Gasteiger partial charge in [-0.25, -0.2) is 8.78 Å². The molecule has 4 heteroatoms. The first-order chi connectivity index (χ1) is 5.01. The Bertz CT molecular complexity index is 200. The second-order valence-corrected chi connectivity index (χ2v) is 3.46. The zero-order valence-corrected chi connectivity index (χ0v) is 5.76. The Hall–Kier alpha value is -0.670. The van der Waals surface area contributed by atoms with Gasteiger partial charge in [0.25, 0.3) is 0 Å². The first-order valence-corrected chi connectivity index (χ1v) is 3.62. The largest absolute Gasteiger partial charge is 0.481 e. The minimum atomic E-state index is -2.58. The standard InChI is InChI=1S/C7H8F2O2/c8-7(9)1-3-4(2-7)5(3)6(10)11/h3-5H,1-2H2,(H,10,11)/t3-,4-/m0/s1. The van der Waals surface area contributed by atoms with E-state index in [1.165, 1.54) is 0 Å². The van der Waals surface area contributed by atoms with Crippen LogP contribution in [0.2, 0.25) is 0 Å². The highest BCUT2D eigenvalue weighted by Crippen LogP contribution is 2.62. The van der Waals surface area contributed by atoms with Crippen molar-refractivity contribution in [2.75, 3.05) is 0 Å². The van der Waals surface area contributed by atoms with Crippen LogP contribution in [0.5, 0.6) is 0 Å². The number of carbonyl (C=O) groups is 1. The molecule has 0 amide bonds. The predicted molar refractivity (Wildman–Crippen MR) is 32.3 cm³/mol. The normalized spacial score (nSPS) is 45.1. The molecule has 2 nitrogen and oxygen atoms in total. The fourth-order valence-electron chi connectivity index (χ4n) is 2.14. The van der Waals surface area contributed by atoms with Crippen LogP contribution < -0.4 is 0 Å². The number of aliphatic carboxylic acids is 1. The summed E-state index contributed by atoms with van der Waals surface area (Å²) in [5.74, 6) is -4.42. The van der Waals surface area contributed by atoms with Gasteiger partial charge in [-0.15, -0.1) is 0 Å². The second kappa shape index (κ2) is 1.73. The lowest BCUT2D eigenvalue weighted by Gasteiger charge is -2.10. The van der Waals surface area contributed by atoms with E-state index in [1.807, 2.05) is 0 Å². The molecule has 1 N–H and O–H groups in total. The van der Waals surface area contributed by atoms with E-state index in [2.05, 4.69) is 0 Å². The summed E-state index contributed by atoms with van der Waals surface area (Å²) in [6, 6.07) is 0. The van der Waals surface area contributed by atoms with E-state index in [-0.39, 0.29) is 24.7 Å². The van der Waals surface area contributed by atoms with Crippen molar-refractivity contribution >= 4 is 5.97 Å². The molecule has 0 aromatic rings. The van der Waals surface area contributed by atoms with E-state index in [1.54, 1.807) is 0 Å². The van der Waals surface area contributed by atoms with Gasteiger partial charge in [0.15, 0.2) is 0 Å². The third-order valence-corrected chi connectivity index (χ3v) is 2.69. The molecule has 0 saturated heterocycles. The van der Waals surface area contributed by atoms with Crippen molar-refractivity contribution in [2.45, 2.75) is 18.8 Å². The van der Waals surface area contributed by atoms with Crippen molar-refractivity contribution < 1.29 is 18.7 Å². The Labute approximate surface area is 62.2 Å². The monoisotopic (exact) mass is 162 g/mol. The number of fused-ring (bicyclic) bond motifs is 1. The van der Waals surface area contributed by atoms with Crippen molar-refractivity contribution in [3.05, 3.63) is 0 Å². The summed E-state index contributed by atoms with van der Waals surface area (Å²) < 4.78 is 24.9. The lowest BCUT2D eigenvalue weighted by Crippen LogP contribution is -2.17. The molecule has 11 heavy (non-hydrogen) atoms. The molecule has 0 spiro atoms. The summed E-state index contributed by atoms with van der Waals surface area (Å²) in [6.45, 7) is 0. The van der Waals surface area contributed by atoms with Crippen molar-refractivity contribution in [3.63, 3.8) is 0 Å². The average molecular weight is 162 g/mol. The van der Waals surface area contributed by atoms with Crippen LogP contribution in [0, 0.1) is 17.8 Å². The van der Waals surface area contributed by atoms with Crippen LogP contribution in [-0.4, -0.2) is 17.0 Å². The highest BCUT2D eigenvalue weighted by atomic mass is 19.3. The molecular formula is C7H8F2O2. The maximum atomic E-state index is 12.5. The molecule has 0 bridgehead atoms. The van der Waals surface area contributed by atoms with Gasteiger partial charge < -0.3 is 5.11 Å². The van der Waals surface area contributed by atoms with Gasteiger partial charge in [-0.1, -0.05) is 0 Å². The lowest BCUT2D eigenvalue weighted by molar-refractivity contribution is -0.140. The average Bonchev–Trinajstić information content (AvgIpc) is 2.31. The minimum Gasteiger partial charge on any atom is -0.481 e. The van der Waals surface area contributed by atoms with Gasteiger partial charge in [0.05, 0.1) is 5.92 Å². The topological polar surface area (TPSA) is 37.3 Å². The number of halogens is 2. The Morgan fingerprint density at radius 1 is 1.36 bits per heavy atom. The number of alkyl halides is 2. The summed E-state index contributed by atoms with van der Waals surface area (Å²) >= 11 is 0. The second-order valence-electron chi connectivity index (χ2n) is 3.46. The first kappa shape index (κ1) is 7.00. The summed E-state index contributed by atoms with van der Waals surface area (Å²) in [7, 11) is 0. The molecule has 2 fully saturated rings. The van der Waals surface area contributed by atoms with Crippen LogP contribution in [0.25, 0.3) is 0 Å². The summed E-state index contributed by atoms with van der Waals surface area (Å²) in [5.41, 5.74) is 0. The number of carboxylic acid groups (broad SMARTS) is 1. The molecule has 0 aromatic carbocycles. The number of hydrogen-bond donors (Lipinski definition) is 1. The Balaban J connectivity index is 2.01. The molecule has 0 radical (unpaired) electrons. The molecule has 2 aliphatic carbocycles. The molecule has 2 saturated carbocycles. The summed E-state index contributed by atoms with van der Waals surface area (Å²) in [6.07, 6.45) is -0.427. The van der Waals surface area contributed by atoms with Crippen molar-refractivity contribution in [1.29, 1.82) is 0 Å². The van der Waals surface area contributed by atoms with Crippen LogP contribution in [-0.2, 0) is 4.79 Å². The van der Waals surface area contributed by atoms with E-state index >= 15 is 0 Å². The van der Waals surface area contributed by atoms with E-state index in [9.17, 15) is 13.6 Å². The van der Waals surface area contributed by atoms with Gasteiger partial charge in [0.2, 0.25) is 5.92 Å². The maximum Gasteiger partial charge on any atom is 0.307 e. The molecule has 62 valence electrons. The van der Waals surface area contributed by atoms with Crippen molar-refractivity contribution in [1.82, 2.24) is 0 Å². The highest BCUT2D eigenvalue weighted by Gasteiger charge is 2.65. The van der Waals surface area contributed by atoms with Gasteiger partial charge >= 0.3 is 5.97 Å². The van der Waals surface area contributed by atoms with E-state index in [4.69, 9.17) is 5.11 Å². The van der Waals surface area contributed by atoms with E-state index < -0.39 is 17.8 Å². The van der Waals surface area contributed by atoms with Crippen LogP contribution in [0.3, 0.4) is 0 Å².